The van der Waals surface area contributed by atoms with Gasteiger partial charge in [0.05, 0.1) is 17.9 Å². The molecule has 0 bridgehead atoms. The van der Waals surface area contributed by atoms with Gasteiger partial charge in [0, 0.05) is 10.6 Å². The number of carbonyl (C=O) groups excluding carboxylic acids is 2. The second kappa shape index (κ2) is 9.57. The number of hydrogen-bond donors (Lipinski definition) is 1. The summed E-state index contributed by atoms with van der Waals surface area (Å²) in [6.45, 7) is 2.16. The summed E-state index contributed by atoms with van der Waals surface area (Å²) in [7, 11) is 0. The zero-order chi connectivity index (χ0) is 19.9. The molecule has 0 aliphatic rings. The van der Waals surface area contributed by atoms with Crippen molar-refractivity contribution < 1.29 is 14.3 Å². The van der Waals surface area contributed by atoms with Crippen LogP contribution in [0.2, 0.25) is 0 Å². The first-order valence-corrected chi connectivity index (χ1v) is 11.0. The van der Waals surface area contributed by atoms with Crippen molar-refractivity contribution in [2.45, 2.75) is 18.2 Å². The lowest BCUT2D eigenvalue weighted by atomic mass is 10.1. The van der Waals surface area contributed by atoms with Gasteiger partial charge in [0.1, 0.15) is 0 Å². The number of esters is 1. The molecule has 3 aromatic rings. The fraction of sp³-hybridized carbons (Fsp3) is 0.182. The molecule has 144 valence electrons. The maximum atomic E-state index is 12.5. The number of amides is 1. The molecule has 1 aromatic heterocycles. The Labute approximate surface area is 172 Å². The van der Waals surface area contributed by atoms with Crippen molar-refractivity contribution in [1.82, 2.24) is 0 Å². The number of thiophene rings is 1. The van der Waals surface area contributed by atoms with Gasteiger partial charge in [-0.3, -0.25) is 9.59 Å². The summed E-state index contributed by atoms with van der Waals surface area (Å²) in [5.41, 5.74) is 3.67. The molecule has 0 unspecified atom stereocenters. The number of rotatable bonds is 7. The lowest BCUT2D eigenvalue weighted by molar-refractivity contribution is -0.142. The molecular weight excluding hydrogens is 390 g/mol. The van der Waals surface area contributed by atoms with Gasteiger partial charge in [0.25, 0.3) is 5.91 Å². The van der Waals surface area contributed by atoms with Crippen LogP contribution >= 0.6 is 23.1 Å². The van der Waals surface area contributed by atoms with Crippen LogP contribution < -0.4 is 5.32 Å². The van der Waals surface area contributed by atoms with E-state index >= 15 is 0 Å². The molecule has 1 heterocycles. The molecule has 1 amide bonds. The summed E-state index contributed by atoms with van der Waals surface area (Å²) in [4.78, 5) is 25.9. The summed E-state index contributed by atoms with van der Waals surface area (Å²) < 4.78 is 4.94. The Hall–Kier alpha value is -2.57. The van der Waals surface area contributed by atoms with Gasteiger partial charge in [-0.05, 0) is 65.6 Å². The Morgan fingerprint density at radius 2 is 1.75 bits per heavy atom. The Kier molecular flexibility index (Phi) is 6.90. The van der Waals surface area contributed by atoms with E-state index in [9.17, 15) is 9.59 Å². The fourth-order valence-electron chi connectivity index (χ4n) is 2.67. The highest BCUT2D eigenvalue weighted by molar-refractivity contribution is 7.98. The van der Waals surface area contributed by atoms with Crippen molar-refractivity contribution in [2.75, 3.05) is 18.2 Å². The predicted octanol–water partition coefficient (Wildman–Crippen LogP) is 5.49. The van der Waals surface area contributed by atoms with Crippen LogP contribution in [0.3, 0.4) is 0 Å². The average Bonchev–Trinajstić information content (AvgIpc) is 3.20. The minimum absolute atomic E-state index is 0.143. The van der Waals surface area contributed by atoms with Crippen molar-refractivity contribution in [3.63, 3.8) is 0 Å². The first-order valence-electron chi connectivity index (χ1n) is 8.88. The number of anilines is 1. The number of benzene rings is 2. The van der Waals surface area contributed by atoms with Gasteiger partial charge in [-0.25, -0.2) is 0 Å². The lowest BCUT2D eigenvalue weighted by Crippen LogP contribution is -2.10. The Balaban J connectivity index is 1.63. The molecule has 2 aromatic carbocycles. The lowest BCUT2D eigenvalue weighted by Gasteiger charge is -2.06. The molecule has 6 heteroatoms. The molecule has 1 N–H and O–H groups in total. The highest BCUT2D eigenvalue weighted by Gasteiger charge is 2.11. The van der Waals surface area contributed by atoms with E-state index in [1.54, 1.807) is 30.8 Å². The molecule has 0 fully saturated rings. The van der Waals surface area contributed by atoms with Crippen molar-refractivity contribution in [2.24, 2.45) is 0 Å². The van der Waals surface area contributed by atoms with E-state index in [1.165, 1.54) is 16.2 Å². The van der Waals surface area contributed by atoms with E-state index in [4.69, 9.17) is 4.74 Å². The molecular formula is C22H21NO3S2. The maximum absolute atomic E-state index is 12.5. The minimum Gasteiger partial charge on any atom is -0.466 e. The third-order valence-corrected chi connectivity index (χ3v) is 5.78. The third kappa shape index (κ3) is 5.24. The smallest absolute Gasteiger partial charge is 0.310 e. The molecule has 28 heavy (non-hydrogen) atoms. The predicted molar refractivity (Wildman–Crippen MR) is 116 cm³/mol. The SMILES string of the molecule is CCOC(=O)Cc1ccc(NC(=O)c2cc(-c3ccc(SC)cc3)cs2)cc1. The topological polar surface area (TPSA) is 55.4 Å². The summed E-state index contributed by atoms with van der Waals surface area (Å²) >= 11 is 3.12. The van der Waals surface area contributed by atoms with Crippen molar-refractivity contribution in [3.05, 3.63) is 70.4 Å². The van der Waals surface area contributed by atoms with E-state index in [0.717, 1.165) is 16.7 Å². The zero-order valence-corrected chi connectivity index (χ0v) is 17.4. The highest BCUT2D eigenvalue weighted by atomic mass is 32.2. The average molecular weight is 412 g/mol. The van der Waals surface area contributed by atoms with Crippen LogP contribution in [0.1, 0.15) is 22.2 Å². The molecule has 0 aliphatic heterocycles. The molecule has 0 aliphatic carbocycles. The summed E-state index contributed by atoms with van der Waals surface area (Å²) in [6, 6.07) is 17.4. The van der Waals surface area contributed by atoms with Crippen molar-refractivity contribution in [1.29, 1.82) is 0 Å². The summed E-state index contributed by atoms with van der Waals surface area (Å²) in [5, 5.41) is 4.89. The van der Waals surface area contributed by atoms with Gasteiger partial charge >= 0.3 is 5.97 Å². The Morgan fingerprint density at radius 3 is 2.39 bits per heavy atom. The van der Waals surface area contributed by atoms with Crippen LogP contribution in [0.4, 0.5) is 5.69 Å². The third-order valence-electron chi connectivity index (χ3n) is 4.11. The van der Waals surface area contributed by atoms with Gasteiger partial charge < -0.3 is 10.1 Å². The van der Waals surface area contributed by atoms with Crippen LogP contribution in [0.5, 0.6) is 0 Å². The first kappa shape index (κ1) is 20.2. The Morgan fingerprint density at radius 1 is 1.04 bits per heavy atom. The fourth-order valence-corrected chi connectivity index (χ4v) is 3.89. The number of nitrogens with one attached hydrogen (secondary N) is 1. The molecule has 3 rings (SSSR count). The van der Waals surface area contributed by atoms with Gasteiger partial charge in [-0.15, -0.1) is 23.1 Å². The number of ether oxygens (including phenoxy) is 1. The largest absolute Gasteiger partial charge is 0.466 e. The summed E-state index contributed by atoms with van der Waals surface area (Å²) in [5.74, 6) is -0.397. The highest BCUT2D eigenvalue weighted by Crippen LogP contribution is 2.28. The van der Waals surface area contributed by atoms with Gasteiger partial charge in [0.2, 0.25) is 0 Å². The van der Waals surface area contributed by atoms with Crippen LogP contribution in [-0.4, -0.2) is 24.7 Å². The van der Waals surface area contributed by atoms with E-state index in [0.29, 0.717) is 17.2 Å². The normalized spacial score (nSPS) is 10.5. The quantitative estimate of drug-likeness (QED) is 0.412. The van der Waals surface area contributed by atoms with Crippen LogP contribution in [0.15, 0.2) is 64.9 Å². The van der Waals surface area contributed by atoms with Gasteiger partial charge in [-0.1, -0.05) is 24.3 Å². The maximum Gasteiger partial charge on any atom is 0.310 e. The van der Waals surface area contributed by atoms with Gasteiger partial charge in [0.15, 0.2) is 0 Å². The summed E-state index contributed by atoms with van der Waals surface area (Å²) in [6.07, 6.45) is 2.27. The molecule has 0 saturated heterocycles. The van der Waals surface area contributed by atoms with Crippen molar-refractivity contribution >= 4 is 40.7 Å². The second-order valence-electron chi connectivity index (χ2n) is 6.06. The second-order valence-corrected chi connectivity index (χ2v) is 7.85. The van der Waals surface area contributed by atoms with Crippen molar-refractivity contribution in [3.8, 4) is 11.1 Å². The van der Waals surface area contributed by atoms with E-state index in [2.05, 4.69) is 29.6 Å². The molecule has 0 spiro atoms. The van der Waals surface area contributed by atoms with E-state index < -0.39 is 0 Å². The molecule has 0 atom stereocenters. The number of thioether (sulfide) groups is 1. The number of carbonyl (C=O) groups is 2. The standard InChI is InChI=1S/C22H21NO3S2/c1-3-26-21(24)12-15-4-8-18(9-5-15)23-22(25)20-13-17(14-28-20)16-6-10-19(27-2)11-7-16/h4-11,13-14H,3,12H2,1-2H3,(H,23,25). The molecule has 4 nitrogen and oxygen atoms in total. The van der Waals surface area contributed by atoms with E-state index in [1.807, 2.05) is 29.8 Å². The number of hydrogen-bond acceptors (Lipinski definition) is 5. The van der Waals surface area contributed by atoms with Gasteiger partial charge in [-0.2, -0.15) is 0 Å². The van der Waals surface area contributed by atoms with Crippen LogP contribution in [0.25, 0.3) is 11.1 Å². The Bertz CT molecular complexity index is 947. The molecule has 0 radical (unpaired) electrons. The molecule has 0 saturated carbocycles. The van der Waals surface area contributed by atoms with E-state index in [-0.39, 0.29) is 18.3 Å². The zero-order valence-electron chi connectivity index (χ0n) is 15.7. The van der Waals surface area contributed by atoms with Crippen LogP contribution in [-0.2, 0) is 16.0 Å². The van der Waals surface area contributed by atoms with Crippen LogP contribution in [0, 0.1) is 0 Å². The minimum atomic E-state index is -0.254. The first-order chi connectivity index (χ1) is 13.6. The monoisotopic (exact) mass is 411 g/mol.